The Balaban J connectivity index is 2.08. The van der Waals surface area contributed by atoms with Crippen molar-refractivity contribution in [1.82, 2.24) is 5.32 Å². The van der Waals surface area contributed by atoms with E-state index in [1.54, 1.807) is 0 Å². The summed E-state index contributed by atoms with van der Waals surface area (Å²) in [5, 5.41) is 4.92. The van der Waals surface area contributed by atoms with Gasteiger partial charge in [0.15, 0.2) is 0 Å². The average molecular weight is 302 g/mol. The molecule has 2 nitrogen and oxygen atoms in total. The number of likely N-dealkylation sites (N-methyl/N-ethyl adjacent to an activating group) is 1. The van der Waals surface area contributed by atoms with Crippen LogP contribution >= 0.6 is 23.2 Å². The molecule has 1 fully saturated rings. The third-order valence-corrected chi connectivity index (χ3v) is 4.63. The van der Waals surface area contributed by atoms with Crippen molar-refractivity contribution in [2.75, 3.05) is 19.8 Å². The summed E-state index contributed by atoms with van der Waals surface area (Å²) in [6, 6.07) is 6.32. The van der Waals surface area contributed by atoms with Gasteiger partial charge in [-0.15, -0.1) is 0 Å². The van der Waals surface area contributed by atoms with Gasteiger partial charge in [0.25, 0.3) is 0 Å². The van der Waals surface area contributed by atoms with Crippen LogP contribution in [0.25, 0.3) is 0 Å². The van der Waals surface area contributed by atoms with Gasteiger partial charge in [0.2, 0.25) is 0 Å². The number of ether oxygens (including phenoxy) is 1. The Morgan fingerprint density at radius 2 is 2.05 bits per heavy atom. The molecule has 19 heavy (non-hydrogen) atoms. The summed E-state index contributed by atoms with van der Waals surface area (Å²) in [7, 11) is 0. The first-order chi connectivity index (χ1) is 9.22. The van der Waals surface area contributed by atoms with Crippen molar-refractivity contribution in [2.24, 2.45) is 5.92 Å². The van der Waals surface area contributed by atoms with Crippen molar-refractivity contribution in [1.29, 1.82) is 0 Å². The number of halogens is 2. The van der Waals surface area contributed by atoms with E-state index in [-0.39, 0.29) is 0 Å². The second kappa shape index (κ2) is 7.49. The molecule has 1 unspecified atom stereocenters. The molecule has 0 amide bonds. The smallest absolute Gasteiger partial charge is 0.0624 e. The number of hydrogen-bond donors (Lipinski definition) is 1. The highest BCUT2D eigenvalue weighted by atomic mass is 35.5. The standard InChI is InChI=1S/C15H21Cl2NO/c1-2-18-14(11-6-8-19-9-7-11)10-12-4-3-5-13(16)15(12)17/h3-5,11,14,18H,2,6-10H2,1H3. The van der Waals surface area contributed by atoms with Crippen LogP contribution in [-0.4, -0.2) is 25.8 Å². The van der Waals surface area contributed by atoms with Crippen molar-refractivity contribution < 1.29 is 4.74 Å². The Morgan fingerprint density at radius 1 is 1.32 bits per heavy atom. The highest BCUT2D eigenvalue weighted by Crippen LogP contribution is 2.29. The predicted octanol–water partition coefficient (Wildman–Crippen LogP) is 3.94. The van der Waals surface area contributed by atoms with E-state index >= 15 is 0 Å². The Labute approximate surface area is 125 Å². The van der Waals surface area contributed by atoms with E-state index in [4.69, 9.17) is 27.9 Å². The molecule has 0 spiro atoms. The van der Waals surface area contributed by atoms with Gasteiger partial charge in [-0.3, -0.25) is 0 Å². The molecule has 1 saturated heterocycles. The van der Waals surface area contributed by atoms with Gasteiger partial charge < -0.3 is 10.1 Å². The quantitative estimate of drug-likeness (QED) is 0.889. The fourth-order valence-corrected chi connectivity index (χ4v) is 3.13. The summed E-state index contributed by atoms with van der Waals surface area (Å²) >= 11 is 12.4. The molecule has 0 saturated carbocycles. The van der Waals surface area contributed by atoms with E-state index in [0.717, 1.165) is 44.6 Å². The number of benzene rings is 1. The minimum absolute atomic E-state index is 0.449. The maximum atomic E-state index is 6.29. The molecular weight excluding hydrogens is 281 g/mol. The molecule has 1 aliphatic rings. The lowest BCUT2D eigenvalue weighted by Crippen LogP contribution is -2.40. The van der Waals surface area contributed by atoms with Gasteiger partial charge in [0.05, 0.1) is 10.0 Å². The Kier molecular flexibility index (Phi) is 5.96. The van der Waals surface area contributed by atoms with Crippen LogP contribution in [0.3, 0.4) is 0 Å². The average Bonchev–Trinajstić information content (AvgIpc) is 2.44. The summed E-state index contributed by atoms with van der Waals surface area (Å²) in [6.07, 6.45) is 3.17. The third kappa shape index (κ3) is 4.09. The third-order valence-electron chi connectivity index (χ3n) is 3.77. The summed E-state index contributed by atoms with van der Waals surface area (Å²) in [5.41, 5.74) is 1.13. The topological polar surface area (TPSA) is 21.3 Å². The minimum atomic E-state index is 0.449. The monoisotopic (exact) mass is 301 g/mol. The molecule has 106 valence electrons. The first-order valence-electron chi connectivity index (χ1n) is 6.96. The lowest BCUT2D eigenvalue weighted by atomic mass is 9.87. The first-order valence-corrected chi connectivity index (χ1v) is 7.72. The molecule has 1 aliphatic heterocycles. The van der Waals surface area contributed by atoms with Gasteiger partial charge in [0, 0.05) is 19.3 Å². The summed E-state index contributed by atoms with van der Waals surface area (Å²) in [6.45, 7) is 4.86. The van der Waals surface area contributed by atoms with Crippen LogP contribution < -0.4 is 5.32 Å². The number of rotatable bonds is 5. The lowest BCUT2D eigenvalue weighted by molar-refractivity contribution is 0.0540. The second-order valence-corrected chi connectivity index (χ2v) is 5.82. The lowest BCUT2D eigenvalue weighted by Gasteiger charge is -2.31. The van der Waals surface area contributed by atoms with Crippen LogP contribution in [-0.2, 0) is 11.2 Å². The normalized spacial score (nSPS) is 18.5. The molecule has 0 aromatic heterocycles. The molecule has 1 aromatic carbocycles. The Hall–Kier alpha value is -0.280. The van der Waals surface area contributed by atoms with Crippen LogP contribution in [0, 0.1) is 5.92 Å². The fraction of sp³-hybridized carbons (Fsp3) is 0.600. The second-order valence-electron chi connectivity index (χ2n) is 5.03. The van der Waals surface area contributed by atoms with Crippen LogP contribution in [0.5, 0.6) is 0 Å². The molecule has 2 rings (SSSR count). The van der Waals surface area contributed by atoms with Crippen LogP contribution in [0.15, 0.2) is 18.2 Å². The van der Waals surface area contributed by atoms with Gasteiger partial charge in [-0.25, -0.2) is 0 Å². The Bertz CT molecular complexity index is 405. The zero-order chi connectivity index (χ0) is 13.7. The van der Waals surface area contributed by atoms with Gasteiger partial charge >= 0.3 is 0 Å². The van der Waals surface area contributed by atoms with Crippen molar-refractivity contribution in [2.45, 2.75) is 32.2 Å². The molecule has 0 radical (unpaired) electrons. The molecule has 0 aliphatic carbocycles. The number of hydrogen-bond acceptors (Lipinski definition) is 2. The summed E-state index contributed by atoms with van der Waals surface area (Å²) in [5.74, 6) is 0.656. The molecule has 1 N–H and O–H groups in total. The van der Waals surface area contributed by atoms with E-state index < -0.39 is 0 Å². The predicted molar refractivity (Wildman–Crippen MR) is 81.2 cm³/mol. The molecule has 0 bridgehead atoms. The minimum Gasteiger partial charge on any atom is -0.381 e. The summed E-state index contributed by atoms with van der Waals surface area (Å²) in [4.78, 5) is 0. The first kappa shape index (κ1) is 15.1. The maximum Gasteiger partial charge on any atom is 0.0624 e. The molecule has 1 heterocycles. The van der Waals surface area contributed by atoms with E-state index in [1.807, 2.05) is 12.1 Å². The molecular formula is C15H21Cl2NO. The van der Waals surface area contributed by atoms with E-state index in [9.17, 15) is 0 Å². The zero-order valence-corrected chi connectivity index (χ0v) is 12.8. The van der Waals surface area contributed by atoms with E-state index in [1.165, 1.54) is 0 Å². The van der Waals surface area contributed by atoms with Crippen molar-refractivity contribution in [3.8, 4) is 0 Å². The van der Waals surface area contributed by atoms with Gasteiger partial charge in [0.1, 0.15) is 0 Å². The van der Waals surface area contributed by atoms with Crippen molar-refractivity contribution in [3.05, 3.63) is 33.8 Å². The molecule has 1 atom stereocenters. The van der Waals surface area contributed by atoms with Crippen LogP contribution in [0.4, 0.5) is 0 Å². The van der Waals surface area contributed by atoms with Crippen LogP contribution in [0.1, 0.15) is 25.3 Å². The Morgan fingerprint density at radius 3 is 2.74 bits per heavy atom. The van der Waals surface area contributed by atoms with Gasteiger partial charge in [-0.2, -0.15) is 0 Å². The molecule has 4 heteroatoms. The fourth-order valence-electron chi connectivity index (χ4n) is 2.73. The largest absolute Gasteiger partial charge is 0.381 e. The number of nitrogens with one attached hydrogen (secondary N) is 1. The van der Waals surface area contributed by atoms with E-state index in [0.29, 0.717) is 22.0 Å². The summed E-state index contributed by atoms with van der Waals surface area (Å²) < 4.78 is 5.45. The van der Waals surface area contributed by atoms with Crippen molar-refractivity contribution >= 4 is 23.2 Å². The highest BCUT2D eigenvalue weighted by Gasteiger charge is 2.24. The maximum absolute atomic E-state index is 6.29. The SMILES string of the molecule is CCNC(Cc1cccc(Cl)c1Cl)C1CCOCC1. The van der Waals surface area contributed by atoms with Gasteiger partial charge in [-0.05, 0) is 43.4 Å². The van der Waals surface area contributed by atoms with E-state index in [2.05, 4.69) is 18.3 Å². The highest BCUT2D eigenvalue weighted by molar-refractivity contribution is 6.42. The zero-order valence-electron chi connectivity index (χ0n) is 11.3. The van der Waals surface area contributed by atoms with Gasteiger partial charge in [-0.1, -0.05) is 42.3 Å². The van der Waals surface area contributed by atoms with Crippen molar-refractivity contribution in [3.63, 3.8) is 0 Å². The molecule has 1 aromatic rings. The van der Waals surface area contributed by atoms with Crippen LogP contribution in [0.2, 0.25) is 10.0 Å².